The van der Waals surface area contributed by atoms with Crippen LogP contribution >= 0.6 is 0 Å². The molecule has 0 saturated heterocycles. The van der Waals surface area contributed by atoms with E-state index in [4.69, 9.17) is 15.3 Å². The van der Waals surface area contributed by atoms with Crippen LogP contribution in [0.5, 0.6) is 0 Å². The van der Waals surface area contributed by atoms with Gasteiger partial charge in [-0.2, -0.15) is 0 Å². The maximum atomic E-state index is 11.8. The van der Waals surface area contributed by atoms with E-state index in [-0.39, 0.29) is 17.5 Å². The van der Waals surface area contributed by atoms with E-state index in [0.29, 0.717) is 5.56 Å². The smallest absolute Gasteiger partial charge is 0.371 e. The van der Waals surface area contributed by atoms with Gasteiger partial charge < -0.3 is 25.5 Å². The molecular formula is C13H13NO6. The fourth-order valence-electron chi connectivity index (χ4n) is 1.81. The molecule has 1 aromatic heterocycles. The second kappa shape index (κ2) is 5.41. The number of carbonyl (C=O) groups is 1. The molecule has 1 aromatic carbocycles. The first kappa shape index (κ1) is 14.2. The molecule has 0 amide bonds. The van der Waals surface area contributed by atoms with E-state index in [1.807, 2.05) is 0 Å². The van der Waals surface area contributed by atoms with E-state index in [9.17, 15) is 19.8 Å². The summed E-state index contributed by atoms with van der Waals surface area (Å²) in [6, 6.07) is 5.00. The van der Waals surface area contributed by atoms with Crippen LogP contribution in [-0.4, -0.2) is 33.9 Å². The van der Waals surface area contributed by atoms with Crippen LogP contribution in [0.15, 0.2) is 33.5 Å². The second-order valence-corrected chi connectivity index (χ2v) is 4.28. The minimum Gasteiger partial charge on any atom is -0.475 e. The van der Waals surface area contributed by atoms with Crippen molar-refractivity contribution in [3.8, 4) is 0 Å². The molecule has 7 nitrogen and oxygen atoms in total. The van der Waals surface area contributed by atoms with Gasteiger partial charge in [-0.1, -0.05) is 6.07 Å². The van der Waals surface area contributed by atoms with Gasteiger partial charge >= 0.3 is 5.97 Å². The van der Waals surface area contributed by atoms with Crippen LogP contribution in [0.1, 0.15) is 22.2 Å². The molecule has 1 heterocycles. The largest absolute Gasteiger partial charge is 0.475 e. The third-order valence-electron chi connectivity index (χ3n) is 2.91. The Balaban J connectivity index is 2.55. The second-order valence-electron chi connectivity index (χ2n) is 4.28. The topological polar surface area (TPSA) is 134 Å². The standard InChI is InChI=1S/C13H13NO6/c14-5-9(16)12(17)6-1-2-10-7(3-6)8(15)4-11(20-10)13(18)19/h1-4,9,12,16-17H,5,14H2,(H,18,19). The fourth-order valence-corrected chi connectivity index (χ4v) is 1.81. The Hall–Kier alpha value is -2.22. The molecule has 0 radical (unpaired) electrons. The van der Waals surface area contributed by atoms with E-state index in [1.165, 1.54) is 18.2 Å². The van der Waals surface area contributed by atoms with Crippen LogP contribution in [0.4, 0.5) is 0 Å². The van der Waals surface area contributed by atoms with Crippen molar-refractivity contribution in [2.45, 2.75) is 12.2 Å². The Kier molecular flexibility index (Phi) is 3.84. The molecule has 2 atom stereocenters. The lowest BCUT2D eigenvalue weighted by Crippen LogP contribution is -2.27. The van der Waals surface area contributed by atoms with Crippen LogP contribution < -0.4 is 11.2 Å². The number of hydrogen-bond acceptors (Lipinski definition) is 6. The van der Waals surface area contributed by atoms with Gasteiger partial charge in [0.1, 0.15) is 11.7 Å². The van der Waals surface area contributed by atoms with Crippen molar-refractivity contribution in [2.75, 3.05) is 6.54 Å². The van der Waals surface area contributed by atoms with Crippen LogP contribution in [0.3, 0.4) is 0 Å². The van der Waals surface area contributed by atoms with E-state index in [0.717, 1.165) is 6.07 Å². The van der Waals surface area contributed by atoms with Gasteiger partial charge in [-0.25, -0.2) is 4.79 Å². The summed E-state index contributed by atoms with van der Waals surface area (Å²) in [4.78, 5) is 22.6. The van der Waals surface area contributed by atoms with Gasteiger partial charge in [0.15, 0.2) is 5.43 Å². The molecule has 0 aliphatic heterocycles. The average molecular weight is 279 g/mol. The lowest BCUT2D eigenvalue weighted by molar-refractivity contribution is 0.0244. The number of nitrogens with two attached hydrogens (primary N) is 1. The summed E-state index contributed by atoms with van der Waals surface area (Å²) in [6.07, 6.45) is -2.39. The SMILES string of the molecule is NCC(O)C(O)c1ccc2oc(C(=O)O)cc(=O)c2c1. The minimum atomic E-state index is -1.34. The number of hydrogen-bond donors (Lipinski definition) is 4. The highest BCUT2D eigenvalue weighted by molar-refractivity contribution is 5.87. The molecule has 0 spiro atoms. The van der Waals surface area contributed by atoms with Gasteiger partial charge in [0.05, 0.1) is 11.5 Å². The van der Waals surface area contributed by atoms with E-state index in [2.05, 4.69) is 0 Å². The normalized spacial score (nSPS) is 14.2. The van der Waals surface area contributed by atoms with Gasteiger partial charge in [0, 0.05) is 12.6 Å². The highest BCUT2D eigenvalue weighted by Crippen LogP contribution is 2.21. The number of aromatic carboxylic acids is 1. The molecule has 106 valence electrons. The van der Waals surface area contributed by atoms with Crippen molar-refractivity contribution in [3.05, 3.63) is 45.8 Å². The first-order chi connectivity index (χ1) is 9.43. The number of benzene rings is 1. The molecule has 2 rings (SSSR count). The summed E-state index contributed by atoms with van der Waals surface area (Å²) in [5, 5.41) is 28.2. The summed E-state index contributed by atoms with van der Waals surface area (Å²) in [7, 11) is 0. The van der Waals surface area contributed by atoms with Gasteiger partial charge in [-0.15, -0.1) is 0 Å². The summed E-state index contributed by atoms with van der Waals surface area (Å²) in [5.41, 5.74) is 5.10. The summed E-state index contributed by atoms with van der Waals surface area (Å²) in [5.74, 6) is -1.80. The third-order valence-corrected chi connectivity index (χ3v) is 2.91. The van der Waals surface area contributed by atoms with Crippen molar-refractivity contribution in [2.24, 2.45) is 5.73 Å². The predicted octanol–water partition coefficient (Wildman–Crippen LogP) is -0.156. The van der Waals surface area contributed by atoms with Crippen molar-refractivity contribution in [1.82, 2.24) is 0 Å². The average Bonchev–Trinajstić information content (AvgIpc) is 2.45. The maximum Gasteiger partial charge on any atom is 0.371 e. The predicted molar refractivity (Wildman–Crippen MR) is 69.5 cm³/mol. The Morgan fingerprint density at radius 1 is 1.30 bits per heavy atom. The van der Waals surface area contributed by atoms with Crippen molar-refractivity contribution >= 4 is 16.9 Å². The highest BCUT2D eigenvalue weighted by Gasteiger charge is 2.18. The van der Waals surface area contributed by atoms with Crippen LogP contribution in [-0.2, 0) is 0 Å². The minimum absolute atomic E-state index is 0.0908. The molecule has 0 bridgehead atoms. The Morgan fingerprint density at radius 2 is 2.00 bits per heavy atom. The van der Waals surface area contributed by atoms with Crippen LogP contribution in [0.2, 0.25) is 0 Å². The molecule has 2 unspecified atom stereocenters. The van der Waals surface area contributed by atoms with Crippen molar-refractivity contribution in [1.29, 1.82) is 0 Å². The zero-order valence-electron chi connectivity index (χ0n) is 10.3. The van der Waals surface area contributed by atoms with Gasteiger partial charge in [-0.05, 0) is 17.7 Å². The van der Waals surface area contributed by atoms with E-state index in [1.54, 1.807) is 0 Å². The molecule has 20 heavy (non-hydrogen) atoms. The number of aliphatic hydroxyl groups excluding tert-OH is 2. The third kappa shape index (κ3) is 2.55. The summed E-state index contributed by atoms with van der Waals surface area (Å²) >= 11 is 0. The molecule has 7 heteroatoms. The molecule has 2 aromatic rings. The van der Waals surface area contributed by atoms with Crippen molar-refractivity contribution < 1.29 is 24.5 Å². The van der Waals surface area contributed by atoms with E-state index < -0.39 is 29.4 Å². The number of rotatable bonds is 4. The molecular weight excluding hydrogens is 266 g/mol. The van der Waals surface area contributed by atoms with Gasteiger partial charge in [0.25, 0.3) is 0 Å². The highest BCUT2D eigenvalue weighted by atomic mass is 16.4. The zero-order valence-corrected chi connectivity index (χ0v) is 10.3. The molecule has 0 aliphatic rings. The number of aliphatic hydroxyl groups is 2. The van der Waals surface area contributed by atoms with Crippen LogP contribution in [0, 0.1) is 0 Å². The first-order valence-electron chi connectivity index (χ1n) is 5.81. The zero-order chi connectivity index (χ0) is 14.9. The lowest BCUT2D eigenvalue weighted by Gasteiger charge is -2.16. The maximum absolute atomic E-state index is 11.8. The fraction of sp³-hybridized carbons (Fsp3) is 0.231. The van der Waals surface area contributed by atoms with Crippen LogP contribution in [0.25, 0.3) is 11.0 Å². The number of fused-ring (bicyclic) bond motifs is 1. The quantitative estimate of drug-likeness (QED) is 0.611. The Morgan fingerprint density at radius 3 is 2.60 bits per heavy atom. The summed E-state index contributed by atoms with van der Waals surface area (Å²) < 4.78 is 5.06. The Labute approximate surface area is 112 Å². The number of carboxylic acid groups (broad SMARTS) is 1. The lowest BCUT2D eigenvalue weighted by atomic mass is 10.0. The molecule has 0 fully saturated rings. The molecule has 0 aliphatic carbocycles. The Bertz CT molecular complexity index is 708. The monoisotopic (exact) mass is 279 g/mol. The molecule has 0 saturated carbocycles. The van der Waals surface area contributed by atoms with Gasteiger partial charge in [-0.3, -0.25) is 4.79 Å². The first-order valence-corrected chi connectivity index (χ1v) is 5.81. The molecule has 5 N–H and O–H groups in total. The van der Waals surface area contributed by atoms with E-state index >= 15 is 0 Å². The number of carboxylic acids is 1. The van der Waals surface area contributed by atoms with Gasteiger partial charge in [0.2, 0.25) is 5.76 Å². The van der Waals surface area contributed by atoms with Crippen molar-refractivity contribution in [3.63, 3.8) is 0 Å². The summed E-state index contributed by atoms with van der Waals surface area (Å²) in [6.45, 7) is -0.133.